The molecule has 0 aromatic heterocycles. The summed E-state index contributed by atoms with van der Waals surface area (Å²) in [5.41, 5.74) is 1.16. The number of Topliss-reactive ketones (excluding diaryl/α,β-unsaturated/α-hetero) is 1. The van der Waals surface area contributed by atoms with Gasteiger partial charge in [0.25, 0.3) is 0 Å². The molecule has 1 aliphatic carbocycles. The van der Waals surface area contributed by atoms with Gasteiger partial charge in [-0.3, -0.25) is 4.79 Å². The van der Waals surface area contributed by atoms with Gasteiger partial charge in [-0.1, -0.05) is 29.8 Å². The fraction of sp³-hybridized carbons (Fsp3) is 0.333. The van der Waals surface area contributed by atoms with Crippen molar-refractivity contribution in [2.24, 2.45) is 0 Å². The van der Waals surface area contributed by atoms with Gasteiger partial charge < -0.3 is 14.2 Å². The highest BCUT2D eigenvalue weighted by molar-refractivity contribution is 6.31. The third-order valence-electron chi connectivity index (χ3n) is 4.49. The van der Waals surface area contributed by atoms with Crippen molar-refractivity contribution in [2.45, 2.75) is 38.4 Å². The Morgan fingerprint density at radius 2 is 1.96 bits per heavy atom. The summed E-state index contributed by atoms with van der Waals surface area (Å²) >= 11 is 6.14. The predicted molar refractivity (Wildman–Crippen MR) is 101 cm³/mol. The third kappa shape index (κ3) is 4.80. The maximum Gasteiger partial charge on any atom is 0.338 e. The molecule has 1 fully saturated rings. The lowest BCUT2D eigenvalue weighted by Gasteiger charge is -2.21. The van der Waals surface area contributed by atoms with Gasteiger partial charge in [-0.05, 0) is 43.5 Å². The van der Waals surface area contributed by atoms with Gasteiger partial charge in [0.2, 0.25) is 0 Å². The van der Waals surface area contributed by atoms with E-state index in [0.29, 0.717) is 34.9 Å². The van der Waals surface area contributed by atoms with Crippen molar-refractivity contribution in [3.05, 3.63) is 58.6 Å². The zero-order chi connectivity index (χ0) is 19.2. The molecule has 1 aliphatic rings. The van der Waals surface area contributed by atoms with Crippen molar-refractivity contribution in [1.29, 1.82) is 0 Å². The monoisotopic (exact) mass is 388 g/mol. The van der Waals surface area contributed by atoms with Gasteiger partial charge in [-0.25, -0.2) is 4.79 Å². The van der Waals surface area contributed by atoms with Crippen LogP contribution in [-0.2, 0) is 16.1 Å². The Morgan fingerprint density at radius 3 is 2.70 bits per heavy atom. The number of methoxy groups -OCH3 is 1. The highest BCUT2D eigenvalue weighted by Crippen LogP contribution is 2.30. The number of hydrogen-bond donors (Lipinski definition) is 0. The summed E-state index contributed by atoms with van der Waals surface area (Å²) in [6.45, 7) is 0.274. The summed E-state index contributed by atoms with van der Waals surface area (Å²) in [4.78, 5) is 24.2. The topological polar surface area (TPSA) is 61.8 Å². The normalized spacial score (nSPS) is 16.7. The largest absolute Gasteiger partial charge is 0.493 e. The smallest absolute Gasteiger partial charge is 0.338 e. The molecule has 1 saturated carbocycles. The van der Waals surface area contributed by atoms with Crippen molar-refractivity contribution in [3.63, 3.8) is 0 Å². The van der Waals surface area contributed by atoms with Crippen molar-refractivity contribution >= 4 is 23.4 Å². The van der Waals surface area contributed by atoms with Gasteiger partial charge in [-0.15, -0.1) is 0 Å². The molecular formula is C21H21ClO5. The van der Waals surface area contributed by atoms with E-state index in [1.165, 1.54) is 7.11 Å². The van der Waals surface area contributed by atoms with E-state index in [0.717, 1.165) is 18.4 Å². The summed E-state index contributed by atoms with van der Waals surface area (Å²) in [5.74, 6) is 0.349. The first-order chi connectivity index (χ1) is 13.1. The molecule has 0 radical (unpaired) electrons. The molecule has 3 rings (SSSR count). The molecule has 27 heavy (non-hydrogen) atoms. The minimum absolute atomic E-state index is 0.0127. The van der Waals surface area contributed by atoms with Crippen LogP contribution < -0.4 is 9.47 Å². The van der Waals surface area contributed by atoms with Crippen molar-refractivity contribution in [1.82, 2.24) is 0 Å². The average Bonchev–Trinajstić information content (AvgIpc) is 2.69. The van der Waals surface area contributed by atoms with E-state index < -0.39 is 12.1 Å². The number of carbonyl (C=O) groups is 2. The molecule has 1 atom stereocenters. The molecule has 0 N–H and O–H groups in total. The van der Waals surface area contributed by atoms with Crippen LogP contribution in [0.3, 0.4) is 0 Å². The quantitative estimate of drug-likeness (QED) is 0.677. The predicted octanol–water partition coefficient (Wildman–Crippen LogP) is 4.60. The molecule has 142 valence electrons. The van der Waals surface area contributed by atoms with Crippen molar-refractivity contribution in [2.75, 3.05) is 7.11 Å². The molecule has 0 spiro atoms. The second-order valence-corrected chi connectivity index (χ2v) is 6.76. The first-order valence-corrected chi connectivity index (χ1v) is 9.24. The van der Waals surface area contributed by atoms with Crippen LogP contribution in [-0.4, -0.2) is 25.0 Å². The minimum Gasteiger partial charge on any atom is -0.493 e. The maximum atomic E-state index is 12.4. The Balaban J connectivity index is 1.69. The number of ether oxygens (including phenoxy) is 3. The number of hydrogen-bond acceptors (Lipinski definition) is 5. The first-order valence-electron chi connectivity index (χ1n) is 8.86. The van der Waals surface area contributed by atoms with E-state index >= 15 is 0 Å². The molecule has 2 aromatic rings. The number of esters is 1. The number of carbonyl (C=O) groups excluding carboxylic acids is 2. The van der Waals surface area contributed by atoms with E-state index in [2.05, 4.69) is 0 Å². The summed E-state index contributed by atoms with van der Waals surface area (Å²) in [6, 6.07) is 12.2. The molecule has 1 unspecified atom stereocenters. The van der Waals surface area contributed by atoms with Gasteiger partial charge in [-0.2, -0.15) is 0 Å². The molecule has 5 nitrogen and oxygen atoms in total. The minimum atomic E-state index is -0.645. The maximum absolute atomic E-state index is 12.4. The fourth-order valence-corrected chi connectivity index (χ4v) is 3.15. The van der Waals surface area contributed by atoms with Gasteiger partial charge in [0, 0.05) is 17.0 Å². The van der Waals surface area contributed by atoms with E-state index in [-0.39, 0.29) is 12.4 Å². The lowest BCUT2D eigenvalue weighted by Crippen LogP contribution is -2.30. The molecule has 0 bridgehead atoms. The summed E-state index contributed by atoms with van der Waals surface area (Å²) < 4.78 is 16.5. The van der Waals surface area contributed by atoms with Gasteiger partial charge in [0.05, 0.1) is 12.7 Å². The Kier molecular flexibility index (Phi) is 6.35. The number of halogens is 1. The molecule has 0 saturated heterocycles. The summed E-state index contributed by atoms with van der Waals surface area (Å²) in [5, 5.41) is 0.619. The number of benzene rings is 2. The first kappa shape index (κ1) is 19.2. The summed E-state index contributed by atoms with van der Waals surface area (Å²) in [7, 11) is 1.50. The third-order valence-corrected chi connectivity index (χ3v) is 4.86. The summed E-state index contributed by atoms with van der Waals surface area (Å²) in [6.07, 6.45) is 2.16. The van der Waals surface area contributed by atoms with Crippen molar-refractivity contribution < 1.29 is 23.8 Å². The van der Waals surface area contributed by atoms with Gasteiger partial charge in [0.15, 0.2) is 23.4 Å². The van der Waals surface area contributed by atoms with Crippen LogP contribution in [0.1, 0.15) is 41.6 Å². The Morgan fingerprint density at radius 1 is 1.15 bits per heavy atom. The second kappa shape index (κ2) is 8.91. The van der Waals surface area contributed by atoms with Gasteiger partial charge in [0.1, 0.15) is 6.61 Å². The highest BCUT2D eigenvalue weighted by atomic mass is 35.5. The van der Waals surface area contributed by atoms with E-state index in [1.54, 1.807) is 24.3 Å². The van der Waals surface area contributed by atoms with Crippen LogP contribution in [0.15, 0.2) is 42.5 Å². The number of rotatable bonds is 6. The van der Waals surface area contributed by atoms with Crippen LogP contribution in [0.25, 0.3) is 0 Å². The molecule has 6 heteroatoms. The number of ketones is 1. The SMILES string of the molecule is COc1cc(C(=O)OC2CCCCC2=O)ccc1OCc1ccccc1Cl. The molecule has 0 aliphatic heterocycles. The average molecular weight is 389 g/mol. The highest BCUT2D eigenvalue weighted by Gasteiger charge is 2.26. The van der Waals surface area contributed by atoms with Crippen LogP contribution in [0.2, 0.25) is 5.02 Å². The van der Waals surface area contributed by atoms with Crippen LogP contribution in [0.4, 0.5) is 0 Å². The van der Waals surface area contributed by atoms with Crippen LogP contribution in [0, 0.1) is 0 Å². The van der Waals surface area contributed by atoms with E-state index in [9.17, 15) is 9.59 Å². The lowest BCUT2D eigenvalue weighted by atomic mass is 9.96. The van der Waals surface area contributed by atoms with E-state index in [1.807, 2.05) is 18.2 Å². The Bertz CT molecular complexity index is 833. The van der Waals surface area contributed by atoms with Gasteiger partial charge >= 0.3 is 5.97 Å². The Hall–Kier alpha value is -2.53. The van der Waals surface area contributed by atoms with E-state index in [4.69, 9.17) is 25.8 Å². The molecule has 2 aromatic carbocycles. The van der Waals surface area contributed by atoms with Crippen molar-refractivity contribution in [3.8, 4) is 11.5 Å². The zero-order valence-corrected chi connectivity index (χ0v) is 15.8. The Labute approximate surface area is 163 Å². The molecule has 0 heterocycles. The standard InChI is InChI=1S/C21H21ClO5/c1-25-20-12-14(21(24)27-18-9-5-4-8-17(18)23)10-11-19(20)26-13-15-6-2-3-7-16(15)22/h2-3,6-7,10-12,18H,4-5,8-9,13H2,1H3. The zero-order valence-electron chi connectivity index (χ0n) is 15.1. The second-order valence-electron chi connectivity index (χ2n) is 6.35. The van der Waals surface area contributed by atoms with Crippen LogP contribution in [0.5, 0.6) is 11.5 Å². The molecular weight excluding hydrogens is 368 g/mol. The molecule has 0 amide bonds. The van der Waals surface area contributed by atoms with Crippen LogP contribution >= 0.6 is 11.6 Å². The fourth-order valence-electron chi connectivity index (χ4n) is 2.96. The lowest BCUT2D eigenvalue weighted by molar-refractivity contribution is -0.129.